The molecule has 0 unspecified atom stereocenters. The summed E-state index contributed by atoms with van der Waals surface area (Å²) in [7, 11) is 0. The molecule has 2 heterocycles. The summed E-state index contributed by atoms with van der Waals surface area (Å²) in [4.78, 5) is 8.90. The minimum atomic E-state index is 0.665. The van der Waals surface area contributed by atoms with Crippen LogP contribution in [0.3, 0.4) is 0 Å². The molecule has 2 aromatic heterocycles. The first kappa shape index (κ1) is 13.7. The van der Waals surface area contributed by atoms with Gasteiger partial charge in [-0.1, -0.05) is 19.9 Å². The molecule has 0 saturated carbocycles. The molecule has 0 aliphatic heterocycles. The maximum Gasteiger partial charge on any atom is 0.0953 e. The van der Waals surface area contributed by atoms with Crippen molar-refractivity contribution in [2.75, 3.05) is 6.54 Å². The lowest BCUT2D eigenvalue weighted by molar-refractivity contribution is 0.548. The van der Waals surface area contributed by atoms with Gasteiger partial charge in [-0.2, -0.15) is 0 Å². The Hall–Kier alpha value is -1.68. The zero-order valence-electron chi connectivity index (χ0n) is 11.9. The predicted octanol–water partition coefficient (Wildman–Crippen LogP) is 2.38. The Kier molecular flexibility index (Phi) is 4.68. The average molecular weight is 258 g/mol. The molecule has 0 atom stereocenters. The Labute approximate surface area is 114 Å². The first-order chi connectivity index (χ1) is 9.13. The first-order valence-corrected chi connectivity index (χ1v) is 6.77. The second kappa shape index (κ2) is 6.48. The second-order valence-corrected chi connectivity index (χ2v) is 5.33. The van der Waals surface area contributed by atoms with Crippen molar-refractivity contribution in [1.29, 1.82) is 0 Å². The van der Waals surface area contributed by atoms with Crippen molar-refractivity contribution < 1.29 is 0 Å². The number of nitrogens with one attached hydrogen (secondary N) is 1. The topological polar surface area (TPSA) is 42.7 Å². The summed E-state index contributed by atoms with van der Waals surface area (Å²) in [6, 6.07) is 6.10. The predicted molar refractivity (Wildman–Crippen MR) is 76.8 cm³/mol. The fourth-order valence-corrected chi connectivity index (χ4v) is 1.95. The number of nitrogens with zero attached hydrogens (tertiary/aromatic N) is 3. The molecular formula is C15H22N4. The third kappa shape index (κ3) is 4.48. The van der Waals surface area contributed by atoms with Crippen LogP contribution in [0.1, 0.15) is 30.9 Å². The van der Waals surface area contributed by atoms with Gasteiger partial charge in [-0.05, 0) is 31.5 Å². The van der Waals surface area contributed by atoms with Gasteiger partial charge in [0.25, 0.3) is 0 Å². The largest absolute Gasteiger partial charge is 0.331 e. The number of hydrogen-bond donors (Lipinski definition) is 1. The summed E-state index contributed by atoms with van der Waals surface area (Å²) in [5, 5.41) is 3.40. The van der Waals surface area contributed by atoms with E-state index in [4.69, 9.17) is 0 Å². The maximum atomic E-state index is 4.50. The van der Waals surface area contributed by atoms with E-state index >= 15 is 0 Å². The van der Waals surface area contributed by atoms with Gasteiger partial charge in [-0.25, -0.2) is 4.98 Å². The molecule has 2 aromatic rings. The molecule has 0 saturated heterocycles. The number of imidazole rings is 1. The minimum Gasteiger partial charge on any atom is -0.331 e. The summed E-state index contributed by atoms with van der Waals surface area (Å²) in [6.45, 7) is 9.04. The summed E-state index contributed by atoms with van der Waals surface area (Å²) in [5.41, 5.74) is 3.20. The van der Waals surface area contributed by atoms with Crippen LogP contribution >= 0.6 is 0 Å². The fraction of sp³-hybridized carbons (Fsp3) is 0.467. The molecule has 0 radical (unpaired) electrons. The number of rotatable bonds is 6. The van der Waals surface area contributed by atoms with E-state index in [-0.39, 0.29) is 0 Å². The summed E-state index contributed by atoms with van der Waals surface area (Å²) >= 11 is 0. The third-order valence-corrected chi connectivity index (χ3v) is 2.84. The molecule has 0 amide bonds. The minimum absolute atomic E-state index is 0.665. The average Bonchev–Trinajstić information content (AvgIpc) is 2.76. The lowest BCUT2D eigenvalue weighted by Crippen LogP contribution is -2.19. The molecule has 0 bridgehead atoms. The van der Waals surface area contributed by atoms with Crippen LogP contribution in [0.4, 0.5) is 0 Å². The van der Waals surface area contributed by atoms with Crippen LogP contribution in [-0.4, -0.2) is 21.1 Å². The standard InChI is InChI=1S/C15H22N4/c1-12(2)7-16-8-15-10-19(11-17-15)9-14-6-4-5-13(3)18-14/h4-6,10-12,16H,7-9H2,1-3H3. The Morgan fingerprint density at radius 2 is 2.11 bits per heavy atom. The molecule has 102 valence electrons. The van der Waals surface area contributed by atoms with Crippen molar-refractivity contribution in [3.8, 4) is 0 Å². The zero-order chi connectivity index (χ0) is 13.7. The lowest BCUT2D eigenvalue weighted by Gasteiger charge is -2.05. The Balaban J connectivity index is 1.90. The normalized spacial score (nSPS) is 11.2. The van der Waals surface area contributed by atoms with Crippen molar-refractivity contribution in [1.82, 2.24) is 19.9 Å². The van der Waals surface area contributed by atoms with Gasteiger partial charge < -0.3 is 9.88 Å². The SMILES string of the molecule is Cc1cccc(Cn2cnc(CNCC(C)C)c2)n1. The quantitative estimate of drug-likeness (QED) is 0.865. The van der Waals surface area contributed by atoms with E-state index in [0.717, 1.165) is 36.7 Å². The van der Waals surface area contributed by atoms with Gasteiger partial charge in [0.15, 0.2) is 0 Å². The van der Waals surface area contributed by atoms with E-state index in [1.165, 1.54) is 0 Å². The Morgan fingerprint density at radius 3 is 2.84 bits per heavy atom. The molecule has 1 N–H and O–H groups in total. The van der Waals surface area contributed by atoms with Gasteiger partial charge >= 0.3 is 0 Å². The molecular weight excluding hydrogens is 236 g/mol. The van der Waals surface area contributed by atoms with Crippen LogP contribution in [0, 0.1) is 12.8 Å². The molecule has 0 spiro atoms. The first-order valence-electron chi connectivity index (χ1n) is 6.77. The van der Waals surface area contributed by atoms with E-state index in [0.29, 0.717) is 5.92 Å². The van der Waals surface area contributed by atoms with Gasteiger partial charge in [0.05, 0.1) is 24.3 Å². The molecule has 4 nitrogen and oxygen atoms in total. The van der Waals surface area contributed by atoms with Gasteiger partial charge in [-0.15, -0.1) is 0 Å². The van der Waals surface area contributed by atoms with Crippen LogP contribution < -0.4 is 5.32 Å². The van der Waals surface area contributed by atoms with E-state index < -0.39 is 0 Å². The highest BCUT2D eigenvalue weighted by molar-refractivity contribution is 5.11. The van der Waals surface area contributed by atoms with Crippen LogP contribution in [-0.2, 0) is 13.1 Å². The molecule has 0 aliphatic carbocycles. The lowest BCUT2D eigenvalue weighted by atomic mass is 10.2. The van der Waals surface area contributed by atoms with Gasteiger partial charge in [0.2, 0.25) is 0 Å². The van der Waals surface area contributed by atoms with Crippen molar-refractivity contribution in [3.63, 3.8) is 0 Å². The van der Waals surface area contributed by atoms with Crippen molar-refractivity contribution in [2.45, 2.75) is 33.9 Å². The zero-order valence-corrected chi connectivity index (χ0v) is 11.9. The third-order valence-electron chi connectivity index (χ3n) is 2.84. The van der Waals surface area contributed by atoms with Crippen LogP contribution in [0.15, 0.2) is 30.7 Å². The molecule has 4 heteroatoms. The fourth-order valence-electron chi connectivity index (χ4n) is 1.95. The van der Waals surface area contributed by atoms with Crippen LogP contribution in [0.25, 0.3) is 0 Å². The van der Waals surface area contributed by atoms with E-state index in [1.807, 2.05) is 31.5 Å². The highest BCUT2D eigenvalue weighted by Crippen LogP contribution is 2.03. The van der Waals surface area contributed by atoms with E-state index in [9.17, 15) is 0 Å². The van der Waals surface area contributed by atoms with Crippen molar-refractivity contribution >= 4 is 0 Å². The smallest absolute Gasteiger partial charge is 0.0953 e. The molecule has 0 aromatic carbocycles. The van der Waals surface area contributed by atoms with Crippen LogP contribution in [0.2, 0.25) is 0 Å². The van der Waals surface area contributed by atoms with Crippen molar-refractivity contribution in [3.05, 3.63) is 47.8 Å². The van der Waals surface area contributed by atoms with Gasteiger partial charge in [-0.3, -0.25) is 4.98 Å². The number of pyridine rings is 1. The second-order valence-electron chi connectivity index (χ2n) is 5.33. The van der Waals surface area contributed by atoms with Gasteiger partial charge in [0, 0.05) is 18.4 Å². The van der Waals surface area contributed by atoms with Crippen molar-refractivity contribution in [2.24, 2.45) is 5.92 Å². The Bertz CT molecular complexity index is 516. The van der Waals surface area contributed by atoms with Gasteiger partial charge in [0.1, 0.15) is 0 Å². The molecule has 0 aliphatic rings. The summed E-state index contributed by atoms with van der Waals surface area (Å²) < 4.78 is 2.08. The summed E-state index contributed by atoms with van der Waals surface area (Å²) in [5.74, 6) is 0.665. The number of hydrogen-bond acceptors (Lipinski definition) is 3. The summed E-state index contributed by atoms with van der Waals surface area (Å²) in [6.07, 6.45) is 3.95. The molecule has 0 fully saturated rings. The molecule has 19 heavy (non-hydrogen) atoms. The van der Waals surface area contributed by atoms with E-state index in [2.05, 4.69) is 39.9 Å². The highest BCUT2D eigenvalue weighted by atomic mass is 15.1. The Morgan fingerprint density at radius 1 is 1.26 bits per heavy atom. The number of aromatic nitrogens is 3. The van der Waals surface area contributed by atoms with Crippen LogP contribution in [0.5, 0.6) is 0 Å². The van der Waals surface area contributed by atoms with E-state index in [1.54, 1.807) is 0 Å². The monoisotopic (exact) mass is 258 g/mol. The number of aryl methyl sites for hydroxylation is 1. The maximum absolute atomic E-state index is 4.50. The molecule has 2 rings (SSSR count). The highest BCUT2D eigenvalue weighted by Gasteiger charge is 2.01.